The number of ether oxygens (including phenoxy) is 1. The number of aliphatic hydroxyl groups excluding tert-OH is 1. The Hall–Kier alpha value is -1.79. The van der Waals surface area contributed by atoms with Crippen LogP contribution < -0.4 is 0 Å². The van der Waals surface area contributed by atoms with E-state index in [9.17, 15) is 19.8 Å². The Bertz CT molecular complexity index is 379. The average Bonchev–Trinajstić information content (AvgIpc) is 2.30. The monoisotopic (exact) mass is 243 g/mol. The van der Waals surface area contributed by atoms with E-state index in [0.717, 1.165) is 7.11 Å². The van der Waals surface area contributed by atoms with Gasteiger partial charge in [0.2, 0.25) is 0 Å². The molecule has 8 heteroatoms. The summed E-state index contributed by atoms with van der Waals surface area (Å²) >= 11 is 0. The van der Waals surface area contributed by atoms with Crippen LogP contribution in [0.15, 0.2) is 5.11 Å². The first-order valence-electron chi connectivity index (χ1n) is 5.04. The number of nitrogens with zero attached hydrogens (tertiary/aromatic N) is 3. The van der Waals surface area contributed by atoms with E-state index in [1.54, 1.807) is 0 Å². The Morgan fingerprint density at radius 3 is 2.71 bits per heavy atom. The highest BCUT2D eigenvalue weighted by molar-refractivity contribution is 6.00. The van der Waals surface area contributed by atoms with Gasteiger partial charge in [-0.25, -0.2) is 0 Å². The maximum Gasteiger partial charge on any atom is 0.323 e. The van der Waals surface area contributed by atoms with Gasteiger partial charge in [-0.1, -0.05) is 5.11 Å². The Morgan fingerprint density at radius 2 is 2.24 bits per heavy atom. The molecule has 17 heavy (non-hydrogen) atoms. The standard InChI is InChI=1S/C9H13N3O5/c1-17-8(16)9(7(14)15)4-2-3-5(13)6(9)11-12-10/h5-6,13H,2-4H2,1H3,(H,14,15). The summed E-state index contributed by atoms with van der Waals surface area (Å²) in [6.07, 6.45) is -0.541. The van der Waals surface area contributed by atoms with Crippen molar-refractivity contribution in [2.24, 2.45) is 10.5 Å². The van der Waals surface area contributed by atoms with Crippen molar-refractivity contribution in [1.82, 2.24) is 0 Å². The number of aliphatic carboxylic acids is 1. The molecule has 0 aromatic carbocycles. The maximum atomic E-state index is 11.7. The van der Waals surface area contributed by atoms with E-state index in [1.807, 2.05) is 0 Å². The first kappa shape index (κ1) is 13.3. The van der Waals surface area contributed by atoms with Crippen molar-refractivity contribution in [3.8, 4) is 0 Å². The summed E-state index contributed by atoms with van der Waals surface area (Å²) in [4.78, 5) is 25.5. The van der Waals surface area contributed by atoms with Crippen molar-refractivity contribution < 1.29 is 24.5 Å². The number of esters is 1. The quantitative estimate of drug-likeness (QED) is 0.244. The zero-order chi connectivity index (χ0) is 13.1. The second-order valence-corrected chi connectivity index (χ2v) is 3.88. The van der Waals surface area contributed by atoms with E-state index >= 15 is 0 Å². The fraction of sp³-hybridized carbons (Fsp3) is 0.778. The Balaban J connectivity index is 3.28. The zero-order valence-corrected chi connectivity index (χ0v) is 9.24. The summed E-state index contributed by atoms with van der Waals surface area (Å²) in [5.74, 6) is -2.44. The van der Waals surface area contributed by atoms with Gasteiger partial charge in [0.25, 0.3) is 0 Å². The van der Waals surface area contributed by atoms with Gasteiger partial charge in [-0.2, -0.15) is 0 Å². The SMILES string of the molecule is COC(=O)C1(C(=O)O)CCCC(O)C1N=[N+]=[N-]. The second-order valence-electron chi connectivity index (χ2n) is 3.88. The van der Waals surface area contributed by atoms with Crippen LogP contribution in [0, 0.1) is 5.41 Å². The van der Waals surface area contributed by atoms with Crippen LogP contribution in [0.4, 0.5) is 0 Å². The van der Waals surface area contributed by atoms with Gasteiger partial charge in [-0.05, 0) is 24.8 Å². The Kier molecular flexibility index (Phi) is 3.93. The van der Waals surface area contributed by atoms with Crippen molar-refractivity contribution >= 4 is 11.9 Å². The summed E-state index contributed by atoms with van der Waals surface area (Å²) in [7, 11) is 1.06. The van der Waals surface area contributed by atoms with E-state index in [-0.39, 0.29) is 12.8 Å². The van der Waals surface area contributed by atoms with Crippen molar-refractivity contribution in [2.75, 3.05) is 7.11 Å². The molecule has 1 aliphatic rings. The van der Waals surface area contributed by atoms with E-state index in [0.29, 0.717) is 6.42 Å². The van der Waals surface area contributed by atoms with Crippen molar-refractivity contribution in [1.29, 1.82) is 0 Å². The average molecular weight is 243 g/mol. The predicted molar refractivity (Wildman–Crippen MR) is 54.9 cm³/mol. The summed E-state index contributed by atoms with van der Waals surface area (Å²) in [6.45, 7) is 0. The number of azide groups is 1. The lowest BCUT2D eigenvalue weighted by atomic mass is 9.69. The second kappa shape index (κ2) is 5.03. The van der Waals surface area contributed by atoms with E-state index in [2.05, 4.69) is 14.8 Å². The van der Waals surface area contributed by atoms with Crippen LogP contribution in [0.3, 0.4) is 0 Å². The summed E-state index contributed by atoms with van der Waals surface area (Å²) in [5, 5.41) is 22.2. The van der Waals surface area contributed by atoms with Crippen LogP contribution in [0.5, 0.6) is 0 Å². The van der Waals surface area contributed by atoms with Gasteiger partial charge in [0.05, 0.1) is 19.3 Å². The number of carbonyl (C=O) groups is 2. The Morgan fingerprint density at radius 1 is 1.59 bits per heavy atom. The first-order chi connectivity index (χ1) is 8.00. The van der Waals surface area contributed by atoms with E-state index in [4.69, 9.17) is 5.53 Å². The first-order valence-corrected chi connectivity index (χ1v) is 5.04. The molecule has 1 fully saturated rings. The van der Waals surface area contributed by atoms with Gasteiger partial charge >= 0.3 is 11.9 Å². The fourth-order valence-electron chi connectivity index (χ4n) is 2.18. The highest BCUT2D eigenvalue weighted by Crippen LogP contribution is 2.40. The largest absolute Gasteiger partial charge is 0.480 e. The van der Waals surface area contributed by atoms with E-state index < -0.39 is 29.5 Å². The van der Waals surface area contributed by atoms with Crippen LogP contribution in [0.1, 0.15) is 19.3 Å². The molecule has 1 saturated carbocycles. The molecule has 0 bridgehead atoms. The van der Waals surface area contributed by atoms with Crippen LogP contribution >= 0.6 is 0 Å². The minimum atomic E-state index is -1.99. The van der Waals surface area contributed by atoms with Gasteiger partial charge < -0.3 is 14.9 Å². The van der Waals surface area contributed by atoms with Gasteiger partial charge in [0.15, 0.2) is 5.41 Å². The molecule has 2 N–H and O–H groups in total. The molecule has 0 saturated heterocycles. The predicted octanol–water partition coefficient (Wildman–Crippen LogP) is 0.454. The molecule has 0 aliphatic heterocycles. The zero-order valence-electron chi connectivity index (χ0n) is 9.24. The normalized spacial score (nSPS) is 32.4. The van der Waals surface area contributed by atoms with Gasteiger partial charge in [-0.3, -0.25) is 9.59 Å². The molecule has 0 aromatic rings. The van der Waals surface area contributed by atoms with Gasteiger partial charge in [0, 0.05) is 4.91 Å². The number of methoxy groups -OCH3 is 1. The topological polar surface area (TPSA) is 133 Å². The molecule has 1 rings (SSSR count). The van der Waals surface area contributed by atoms with E-state index in [1.165, 1.54) is 0 Å². The number of carboxylic acids is 1. The van der Waals surface area contributed by atoms with Crippen LogP contribution in [0.25, 0.3) is 10.4 Å². The molecular formula is C9H13N3O5. The maximum absolute atomic E-state index is 11.7. The van der Waals surface area contributed by atoms with Crippen molar-refractivity contribution in [3.05, 3.63) is 10.4 Å². The highest BCUT2D eigenvalue weighted by Gasteiger charge is 2.57. The van der Waals surface area contributed by atoms with Crippen LogP contribution in [-0.4, -0.2) is 41.4 Å². The molecular weight excluding hydrogens is 230 g/mol. The van der Waals surface area contributed by atoms with Crippen molar-refractivity contribution in [3.63, 3.8) is 0 Å². The summed E-state index contributed by atoms with van der Waals surface area (Å²) < 4.78 is 4.47. The third-order valence-electron chi connectivity index (χ3n) is 3.05. The third kappa shape index (κ3) is 2.04. The molecule has 1 aliphatic carbocycles. The minimum Gasteiger partial charge on any atom is -0.480 e. The molecule has 0 aromatic heterocycles. The molecule has 0 heterocycles. The fourth-order valence-corrected chi connectivity index (χ4v) is 2.18. The molecule has 94 valence electrons. The smallest absolute Gasteiger partial charge is 0.323 e. The molecule has 3 atom stereocenters. The van der Waals surface area contributed by atoms with Crippen LogP contribution in [0.2, 0.25) is 0 Å². The number of hydrogen-bond acceptors (Lipinski definition) is 5. The lowest BCUT2D eigenvalue weighted by Crippen LogP contribution is -2.55. The number of carboxylic acid groups (broad SMARTS) is 1. The summed E-state index contributed by atoms with van der Waals surface area (Å²) in [5.41, 5.74) is 6.42. The Labute approximate surface area is 96.8 Å². The number of carbonyl (C=O) groups excluding carboxylic acids is 1. The van der Waals surface area contributed by atoms with Gasteiger partial charge in [-0.15, -0.1) is 0 Å². The highest BCUT2D eigenvalue weighted by atomic mass is 16.5. The van der Waals surface area contributed by atoms with Gasteiger partial charge in [0.1, 0.15) is 0 Å². The molecule has 0 spiro atoms. The van der Waals surface area contributed by atoms with Crippen molar-refractivity contribution in [2.45, 2.75) is 31.4 Å². The molecule has 0 amide bonds. The van der Waals surface area contributed by atoms with Crippen LogP contribution in [-0.2, 0) is 14.3 Å². The number of rotatable bonds is 3. The number of aliphatic hydroxyl groups is 1. The lowest BCUT2D eigenvalue weighted by Gasteiger charge is -2.38. The minimum absolute atomic E-state index is 0.0181. The lowest BCUT2D eigenvalue weighted by molar-refractivity contribution is -0.174. The molecule has 0 radical (unpaired) electrons. The summed E-state index contributed by atoms with van der Waals surface area (Å²) in [6, 6.07) is -1.34. The third-order valence-corrected chi connectivity index (χ3v) is 3.05. The molecule has 3 unspecified atom stereocenters. The number of hydrogen-bond donors (Lipinski definition) is 2. The molecule has 8 nitrogen and oxygen atoms in total.